The molecule has 0 aliphatic rings. The van der Waals surface area contributed by atoms with Gasteiger partial charge < -0.3 is 5.32 Å². The summed E-state index contributed by atoms with van der Waals surface area (Å²) in [5, 5.41) is 7.89. The van der Waals surface area contributed by atoms with Gasteiger partial charge in [0, 0.05) is 16.3 Å². The van der Waals surface area contributed by atoms with Gasteiger partial charge in [0.25, 0.3) is 5.91 Å². The van der Waals surface area contributed by atoms with Crippen LogP contribution in [-0.4, -0.2) is 20.7 Å². The van der Waals surface area contributed by atoms with Gasteiger partial charge in [-0.3, -0.25) is 4.79 Å². The van der Waals surface area contributed by atoms with Gasteiger partial charge >= 0.3 is 0 Å². The SMILES string of the molecule is Cc1ccc(-n2nc(C(=O)Nc3ccc(C)c(Cl)c3)nc2-c2ccccc2)cc1. The third-order valence-corrected chi connectivity index (χ3v) is 4.96. The molecule has 0 aliphatic carbocycles. The summed E-state index contributed by atoms with van der Waals surface area (Å²) in [6, 6.07) is 22.9. The maximum Gasteiger partial charge on any atom is 0.295 e. The molecule has 29 heavy (non-hydrogen) atoms. The molecule has 0 atom stereocenters. The molecule has 0 aliphatic heterocycles. The Balaban J connectivity index is 1.73. The molecule has 0 saturated heterocycles. The van der Waals surface area contributed by atoms with Crippen LogP contribution in [0.2, 0.25) is 5.02 Å². The van der Waals surface area contributed by atoms with Gasteiger partial charge in [0.15, 0.2) is 5.82 Å². The molecule has 0 unspecified atom stereocenters. The third-order valence-electron chi connectivity index (χ3n) is 4.55. The number of nitrogens with zero attached hydrogens (tertiary/aromatic N) is 3. The number of hydrogen-bond donors (Lipinski definition) is 1. The van der Waals surface area contributed by atoms with E-state index in [1.165, 1.54) is 0 Å². The van der Waals surface area contributed by atoms with E-state index in [4.69, 9.17) is 11.6 Å². The predicted octanol–water partition coefficient (Wildman–Crippen LogP) is 5.46. The van der Waals surface area contributed by atoms with E-state index >= 15 is 0 Å². The quantitative estimate of drug-likeness (QED) is 0.493. The first-order chi connectivity index (χ1) is 14.0. The molecule has 6 heteroatoms. The Bertz CT molecular complexity index is 1170. The lowest BCUT2D eigenvalue weighted by atomic mass is 10.2. The van der Waals surface area contributed by atoms with Crippen molar-refractivity contribution in [1.82, 2.24) is 14.8 Å². The highest BCUT2D eigenvalue weighted by Crippen LogP contribution is 2.23. The molecule has 0 saturated carbocycles. The second kappa shape index (κ2) is 7.89. The van der Waals surface area contributed by atoms with E-state index in [-0.39, 0.29) is 5.82 Å². The standard InChI is InChI=1S/C23H19ClN4O/c1-15-8-12-19(13-9-15)28-22(17-6-4-3-5-7-17)26-21(27-28)23(29)25-18-11-10-16(2)20(24)14-18/h3-14H,1-2H3,(H,25,29). The molecule has 4 aromatic rings. The molecule has 1 heterocycles. The van der Waals surface area contributed by atoms with Crippen LogP contribution >= 0.6 is 11.6 Å². The fourth-order valence-corrected chi connectivity index (χ4v) is 3.09. The first kappa shape index (κ1) is 18.9. The predicted molar refractivity (Wildman–Crippen MR) is 116 cm³/mol. The summed E-state index contributed by atoms with van der Waals surface area (Å²) >= 11 is 6.16. The topological polar surface area (TPSA) is 59.8 Å². The monoisotopic (exact) mass is 402 g/mol. The maximum absolute atomic E-state index is 12.8. The first-order valence-corrected chi connectivity index (χ1v) is 9.56. The number of rotatable bonds is 4. The molecule has 1 amide bonds. The molecule has 1 aromatic heterocycles. The maximum atomic E-state index is 12.8. The van der Waals surface area contributed by atoms with Gasteiger partial charge in [0.2, 0.25) is 5.82 Å². The van der Waals surface area contributed by atoms with Gasteiger partial charge in [-0.2, -0.15) is 0 Å². The van der Waals surface area contributed by atoms with Crippen LogP contribution in [0.15, 0.2) is 72.8 Å². The first-order valence-electron chi connectivity index (χ1n) is 9.18. The number of anilines is 1. The Hall–Kier alpha value is -3.44. The van der Waals surface area contributed by atoms with Crippen molar-refractivity contribution in [2.75, 3.05) is 5.32 Å². The molecule has 0 spiro atoms. The minimum atomic E-state index is -0.395. The second-order valence-electron chi connectivity index (χ2n) is 6.79. The number of nitrogens with one attached hydrogen (secondary N) is 1. The average Bonchev–Trinajstić information content (AvgIpc) is 3.18. The molecular formula is C23H19ClN4O. The lowest BCUT2D eigenvalue weighted by Crippen LogP contribution is -2.14. The van der Waals surface area contributed by atoms with Crippen molar-refractivity contribution in [2.45, 2.75) is 13.8 Å². The number of carbonyl (C=O) groups excluding carboxylic acids is 1. The van der Waals surface area contributed by atoms with Crippen LogP contribution in [0.5, 0.6) is 0 Å². The minimum absolute atomic E-state index is 0.0844. The Labute approximate surface area is 174 Å². The van der Waals surface area contributed by atoms with E-state index in [2.05, 4.69) is 15.4 Å². The van der Waals surface area contributed by atoms with Crippen LogP contribution in [0, 0.1) is 13.8 Å². The van der Waals surface area contributed by atoms with Crippen LogP contribution < -0.4 is 5.32 Å². The summed E-state index contributed by atoms with van der Waals surface area (Å²) in [5.74, 6) is 0.288. The molecular weight excluding hydrogens is 384 g/mol. The van der Waals surface area contributed by atoms with E-state index in [9.17, 15) is 4.79 Å². The smallest absolute Gasteiger partial charge is 0.295 e. The summed E-state index contributed by atoms with van der Waals surface area (Å²) in [7, 11) is 0. The number of hydrogen-bond acceptors (Lipinski definition) is 3. The molecule has 1 N–H and O–H groups in total. The van der Waals surface area contributed by atoms with E-state index in [1.807, 2.05) is 74.5 Å². The highest BCUT2D eigenvalue weighted by Gasteiger charge is 2.19. The van der Waals surface area contributed by atoms with E-state index < -0.39 is 5.91 Å². The number of amides is 1. The number of aromatic nitrogens is 3. The minimum Gasteiger partial charge on any atom is -0.319 e. The summed E-state index contributed by atoms with van der Waals surface area (Å²) in [5.41, 5.74) is 4.39. The van der Waals surface area contributed by atoms with Gasteiger partial charge in [-0.1, -0.05) is 65.7 Å². The molecule has 5 nitrogen and oxygen atoms in total. The van der Waals surface area contributed by atoms with Gasteiger partial charge in [-0.25, -0.2) is 9.67 Å². The zero-order valence-corrected chi connectivity index (χ0v) is 16.8. The van der Waals surface area contributed by atoms with Crippen molar-refractivity contribution in [3.8, 4) is 17.1 Å². The van der Waals surface area contributed by atoms with Crippen molar-refractivity contribution >= 4 is 23.2 Å². The van der Waals surface area contributed by atoms with E-state index in [0.717, 1.165) is 22.4 Å². The summed E-state index contributed by atoms with van der Waals surface area (Å²) in [6.45, 7) is 3.93. The Morgan fingerprint density at radius 2 is 1.69 bits per heavy atom. The van der Waals surface area contributed by atoms with Crippen LogP contribution in [0.1, 0.15) is 21.7 Å². The van der Waals surface area contributed by atoms with Crippen molar-refractivity contribution in [3.63, 3.8) is 0 Å². The van der Waals surface area contributed by atoms with Gasteiger partial charge in [0.05, 0.1) is 5.69 Å². The molecule has 0 radical (unpaired) electrons. The van der Waals surface area contributed by atoms with Gasteiger partial charge in [0.1, 0.15) is 0 Å². The van der Waals surface area contributed by atoms with E-state index in [0.29, 0.717) is 16.5 Å². The Kier molecular flexibility index (Phi) is 5.14. The van der Waals surface area contributed by atoms with Gasteiger partial charge in [-0.05, 0) is 43.7 Å². The normalized spacial score (nSPS) is 10.7. The van der Waals surface area contributed by atoms with Crippen LogP contribution in [0.4, 0.5) is 5.69 Å². The fourth-order valence-electron chi connectivity index (χ4n) is 2.91. The number of aryl methyl sites for hydroxylation is 2. The number of benzene rings is 3. The number of carbonyl (C=O) groups is 1. The summed E-state index contributed by atoms with van der Waals surface area (Å²) in [6.07, 6.45) is 0. The summed E-state index contributed by atoms with van der Waals surface area (Å²) in [4.78, 5) is 17.3. The summed E-state index contributed by atoms with van der Waals surface area (Å²) < 4.78 is 1.69. The van der Waals surface area contributed by atoms with Crippen LogP contribution in [0.25, 0.3) is 17.1 Å². The lowest BCUT2D eigenvalue weighted by molar-refractivity contribution is 0.101. The van der Waals surface area contributed by atoms with E-state index in [1.54, 1.807) is 16.8 Å². The fraction of sp³-hybridized carbons (Fsp3) is 0.0870. The number of halogens is 1. The second-order valence-corrected chi connectivity index (χ2v) is 7.20. The molecule has 144 valence electrons. The van der Waals surface area contributed by atoms with Gasteiger partial charge in [-0.15, -0.1) is 5.10 Å². The van der Waals surface area contributed by atoms with Crippen LogP contribution in [-0.2, 0) is 0 Å². The van der Waals surface area contributed by atoms with Crippen molar-refractivity contribution in [1.29, 1.82) is 0 Å². The third kappa shape index (κ3) is 4.05. The Morgan fingerprint density at radius 1 is 0.966 bits per heavy atom. The zero-order chi connectivity index (χ0) is 20.4. The highest BCUT2D eigenvalue weighted by atomic mass is 35.5. The zero-order valence-electron chi connectivity index (χ0n) is 16.1. The lowest BCUT2D eigenvalue weighted by Gasteiger charge is -2.06. The molecule has 3 aromatic carbocycles. The van der Waals surface area contributed by atoms with Crippen molar-refractivity contribution < 1.29 is 4.79 Å². The molecule has 4 rings (SSSR count). The average molecular weight is 403 g/mol. The molecule has 0 fully saturated rings. The van der Waals surface area contributed by atoms with Crippen molar-refractivity contribution in [3.05, 3.63) is 94.8 Å². The largest absolute Gasteiger partial charge is 0.319 e. The Morgan fingerprint density at radius 3 is 2.38 bits per heavy atom. The van der Waals surface area contributed by atoms with Crippen LogP contribution in [0.3, 0.4) is 0 Å². The highest BCUT2D eigenvalue weighted by molar-refractivity contribution is 6.31. The molecule has 0 bridgehead atoms. The van der Waals surface area contributed by atoms with Crippen molar-refractivity contribution in [2.24, 2.45) is 0 Å².